The smallest absolute Gasteiger partial charge is 0.268 e. The maximum absolute atomic E-state index is 12.7. The fourth-order valence-corrected chi connectivity index (χ4v) is 3.27. The number of amides is 1. The standard InChI is InChI=1S/C17H27N3O2/c1-5-6-13-15(12(4)21)11(3)19-16(13)17(22)20-14-9-18-8-7-10(14)2/h10,14,18-19H,5-9H2,1-4H3,(H,20,22). The lowest BCUT2D eigenvalue weighted by atomic mass is 9.94. The molecule has 0 aromatic carbocycles. The molecule has 0 bridgehead atoms. The lowest BCUT2D eigenvalue weighted by Crippen LogP contribution is -2.50. The van der Waals surface area contributed by atoms with Gasteiger partial charge in [0.2, 0.25) is 0 Å². The molecule has 22 heavy (non-hydrogen) atoms. The maximum Gasteiger partial charge on any atom is 0.268 e. The Morgan fingerprint density at radius 2 is 2.09 bits per heavy atom. The molecular formula is C17H27N3O2. The molecule has 0 radical (unpaired) electrons. The average molecular weight is 305 g/mol. The van der Waals surface area contributed by atoms with Crippen LogP contribution in [0.1, 0.15) is 65.7 Å². The molecule has 0 saturated carbocycles. The minimum absolute atomic E-state index is 0.0175. The number of aromatic nitrogens is 1. The second-order valence-electron chi connectivity index (χ2n) is 6.33. The lowest BCUT2D eigenvalue weighted by Gasteiger charge is -2.30. The summed E-state index contributed by atoms with van der Waals surface area (Å²) in [5.41, 5.74) is 2.89. The molecule has 2 heterocycles. The van der Waals surface area contributed by atoms with Crippen molar-refractivity contribution in [1.82, 2.24) is 15.6 Å². The molecule has 1 aliphatic rings. The Hall–Kier alpha value is -1.62. The summed E-state index contributed by atoms with van der Waals surface area (Å²) in [6.07, 6.45) is 2.70. The molecule has 5 nitrogen and oxygen atoms in total. The van der Waals surface area contributed by atoms with Crippen molar-refractivity contribution in [1.29, 1.82) is 0 Å². The summed E-state index contributed by atoms with van der Waals surface area (Å²) >= 11 is 0. The van der Waals surface area contributed by atoms with Gasteiger partial charge in [-0.3, -0.25) is 9.59 Å². The number of ketones is 1. The third-order valence-electron chi connectivity index (χ3n) is 4.51. The highest BCUT2D eigenvalue weighted by Crippen LogP contribution is 2.22. The van der Waals surface area contributed by atoms with Crippen LogP contribution in [-0.4, -0.2) is 35.8 Å². The van der Waals surface area contributed by atoms with Crippen molar-refractivity contribution < 1.29 is 9.59 Å². The minimum Gasteiger partial charge on any atom is -0.354 e. The number of piperidine rings is 1. The zero-order chi connectivity index (χ0) is 16.3. The van der Waals surface area contributed by atoms with Gasteiger partial charge in [-0.05, 0) is 44.7 Å². The molecule has 0 spiro atoms. The highest BCUT2D eigenvalue weighted by atomic mass is 16.2. The van der Waals surface area contributed by atoms with Gasteiger partial charge in [0.25, 0.3) is 5.91 Å². The monoisotopic (exact) mass is 305 g/mol. The molecule has 2 atom stereocenters. The van der Waals surface area contributed by atoms with Gasteiger partial charge in [0.05, 0.1) is 0 Å². The van der Waals surface area contributed by atoms with Crippen molar-refractivity contribution in [3.05, 3.63) is 22.5 Å². The minimum atomic E-state index is -0.0976. The summed E-state index contributed by atoms with van der Waals surface area (Å²) in [7, 11) is 0. The van der Waals surface area contributed by atoms with E-state index in [-0.39, 0.29) is 17.7 Å². The number of Topliss-reactive ketones (excluding diaryl/α,β-unsaturated/α-hetero) is 1. The summed E-state index contributed by atoms with van der Waals surface area (Å²) in [5, 5.41) is 6.44. The molecular weight excluding hydrogens is 278 g/mol. The Balaban J connectivity index is 2.25. The highest BCUT2D eigenvalue weighted by molar-refractivity contribution is 6.02. The fraction of sp³-hybridized carbons (Fsp3) is 0.647. The summed E-state index contributed by atoms with van der Waals surface area (Å²) in [5.74, 6) is 0.381. The van der Waals surface area contributed by atoms with E-state index in [1.807, 2.05) is 6.92 Å². The molecule has 122 valence electrons. The van der Waals surface area contributed by atoms with Gasteiger partial charge >= 0.3 is 0 Å². The predicted molar refractivity (Wildman–Crippen MR) is 87.4 cm³/mol. The molecule has 1 aromatic heterocycles. The third kappa shape index (κ3) is 3.40. The number of hydrogen-bond acceptors (Lipinski definition) is 3. The van der Waals surface area contributed by atoms with E-state index in [1.165, 1.54) is 0 Å². The SMILES string of the molecule is CCCc1c(C(=O)NC2CNCCC2C)[nH]c(C)c1C(C)=O. The Morgan fingerprint density at radius 3 is 2.68 bits per heavy atom. The van der Waals surface area contributed by atoms with Crippen LogP contribution < -0.4 is 10.6 Å². The maximum atomic E-state index is 12.7. The fourth-order valence-electron chi connectivity index (χ4n) is 3.27. The van der Waals surface area contributed by atoms with Crippen molar-refractivity contribution in [2.24, 2.45) is 5.92 Å². The van der Waals surface area contributed by atoms with Crippen LogP contribution >= 0.6 is 0 Å². The van der Waals surface area contributed by atoms with E-state index in [9.17, 15) is 9.59 Å². The van der Waals surface area contributed by atoms with E-state index >= 15 is 0 Å². The number of aryl methyl sites for hydroxylation is 1. The van der Waals surface area contributed by atoms with Gasteiger partial charge in [-0.1, -0.05) is 20.3 Å². The summed E-state index contributed by atoms with van der Waals surface area (Å²) in [4.78, 5) is 27.7. The molecule has 1 amide bonds. The summed E-state index contributed by atoms with van der Waals surface area (Å²) < 4.78 is 0. The van der Waals surface area contributed by atoms with Crippen LogP contribution in [0.2, 0.25) is 0 Å². The van der Waals surface area contributed by atoms with Crippen molar-refractivity contribution in [2.45, 2.75) is 53.0 Å². The van der Waals surface area contributed by atoms with E-state index in [0.29, 0.717) is 17.2 Å². The number of aromatic amines is 1. The van der Waals surface area contributed by atoms with Crippen molar-refractivity contribution in [3.8, 4) is 0 Å². The van der Waals surface area contributed by atoms with Crippen LogP contribution in [0.5, 0.6) is 0 Å². The average Bonchev–Trinajstić information content (AvgIpc) is 2.78. The van der Waals surface area contributed by atoms with Crippen molar-refractivity contribution in [3.63, 3.8) is 0 Å². The number of H-pyrrole nitrogens is 1. The Labute approximate surface area is 132 Å². The van der Waals surface area contributed by atoms with Gasteiger partial charge < -0.3 is 15.6 Å². The van der Waals surface area contributed by atoms with E-state index in [0.717, 1.165) is 43.6 Å². The van der Waals surface area contributed by atoms with E-state index in [1.54, 1.807) is 6.92 Å². The first kappa shape index (κ1) is 16.7. The van der Waals surface area contributed by atoms with E-state index in [4.69, 9.17) is 0 Å². The van der Waals surface area contributed by atoms with Gasteiger partial charge in [0, 0.05) is 23.8 Å². The normalized spacial score (nSPS) is 21.6. The molecule has 5 heteroatoms. The highest BCUT2D eigenvalue weighted by Gasteiger charge is 2.27. The zero-order valence-electron chi connectivity index (χ0n) is 14.0. The van der Waals surface area contributed by atoms with E-state index in [2.05, 4.69) is 29.5 Å². The topological polar surface area (TPSA) is 74.0 Å². The molecule has 2 unspecified atom stereocenters. The van der Waals surface area contributed by atoms with Gasteiger partial charge in [0.1, 0.15) is 5.69 Å². The van der Waals surface area contributed by atoms with Crippen LogP contribution in [0.25, 0.3) is 0 Å². The number of carbonyl (C=O) groups excluding carboxylic acids is 2. The first-order chi connectivity index (χ1) is 10.5. The first-order valence-corrected chi connectivity index (χ1v) is 8.19. The molecule has 3 N–H and O–H groups in total. The van der Waals surface area contributed by atoms with Crippen LogP contribution in [0.15, 0.2) is 0 Å². The Kier molecular flexibility index (Phi) is 5.40. The first-order valence-electron chi connectivity index (χ1n) is 8.19. The largest absolute Gasteiger partial charge is 0.354 e. The van der Waals surface area contributed by atoms with Crippen LogP contribution in [0, 0.1) is 12.8 Å². The second kappa shape index (κ2) is 7.09. The number of carbonyl (C=O) groups is 2. The molecule has 1 aliphatic heterocycles. The number of rotatable bonds is 5. The molecule has 0 aliphatic carbocycles. The molecule has 1 aromatic rings. The van der Waals surface area contributed by atoms with Crippen molar-refractivity contribution >= 4 is 11.7 Å². The van der Waals surface area contributed by atoms with Gasteiger partial charge in [-0.15, -0.1) is 0 Å². The molecule has 1 saturated heterocycles. The van der Waals surface area contributed by atoms with E-state index < -0.39 is 0 Å². The molecule has 2 rings (SSSR count). The van der Waals surface area contributed by atoms with Crippen LogP contribution in [0.4, 0.5) is 0 Å². The lowest BCUT2D eigenvalue weighted by molar-refractivity contribution is 0.0909. The summed E-state index contributed by atoms with van der Waals surface area (Å²) in [6.45, 7) is 9.45. The van der Waals surface area contributed by atoms with Crippen LogP contribution in [-0.2, 0) is 6.42 Å². The summed E-state index contributed by atoms with van der Waals surface area (Å²) in [6, 6.07) is 0.139. The predicted octanol–water partition coefficient (Wildman–Crippen LogP) is 2.21. The van der Waals surface area contributed by atoms with Gasteiger partial charge in [-0.2, -0.15) is 0 Å². The molecule has 1 fully saturated rings. The van der Waals surface area contributed by atoms with Gasteiger partial charge in [0.15, 0.2) is 5.78 Å². The zero-order valence-corrected chi connectivity index (χ0v) is 14.0. The second-order valence-corrected chi connectivity index (χ2v) is 6.33. The van der Waals surface area contributed by atoms with Gasteiger partial charge in [-0.25, -0.2) is 0 Å². The Bertz CT molecular complexity index is 562. The van der Waals surface area contributed by atoms with Crippen LogP contribution in [0.3, 0.4) is 0 Å². The third-order valence-corrected chi connectivity index (χ3v) is 4.51. The number of hydrogen-bond donors (Lipinski definition) is 3. The quantitative estimate of drug-likeness (QED) is 0.730. The Morgan fingerprint density at radius 1 is 1.36 bits per heavy atom. The number of nitrogens with one attached hydrogen (secondary N) is 3. The van der Waals surface area contributed by atoms with Crippen molar-refractivity contribution in [2.75, 3.05) is 13.1 Å².